The van der Waals surface area contributed by atoms with Gasteiger partial charge in [-0.1, -0.05) is 12.1 Å². The quantitative estimate of drug-likeness (QED) is 0.832. The second kappa shape index (κ2) is 7.21. The Kier molecular flexibility index (Phi) is 4.76. The van der Waals surface area contributed by atoms with Crippen molar-refractivity contribution in [1.29, 1.82) is 0 Å². The molecule has 27 heavy (non-hydrogen) atoms. The summed E-state index contributed by atoms with van der Waals surface area (Å²) < 4.78 is 2.05. The molecule has 1 aromatic carbocycles. The van der Waals surface area contributed by atoms with Gasteiger partial charge in [0.2, 0.25) is 5.91 Å². The Hall–Kier alpha value is -2.57. The lowest BCUT2D eigenvalue weighted by atomic mass is 9.94. The van der Waals surface area contributed by atoms with Crippen LogP contribution >= 0.6 is 0 Å². The van der Waals surface area contributed by atoms with Crippen LogP contribution in [0.15, 0.2) is 30.6 Å². The number of piperidine rings is 1. The summed E-state index contributed by atoms with van der Waals surface area (Å²) in [7, 11) is 3.57. The second-order valence-electron chi connectivity index (χ2n) is 7.90. The second-order valence-corrected chi connectivity index (χ2v) is 7.90. The fourth-order valence-corrected chi connectivity index (χ4v) is 4.37. The Morgan fingerprint density at radius 3 is 2.78 bits per heavy atom. The van der Waals surface area contributed by atoms with E-state index in [4.69, 9.17) is 0 Å². The zero-order valence-electron chi connectivity index (χ0n) is 16.0. The van der Waals surface area contributed by atoms with Gasteiger partial charge in [0.25, 0.3) is 0 Å². The minimum Gasteiger partial charge on any atom is -0.338 e. The lowest BCUT2D eigenvalue weighted by molar-refractivity contribution is -0.135. The fraction of sp³-hybridized carbons (Fsp3) is 0.550. The number of fused-ring (bicyclic) bond motifs is 5. The summed E-state index contributed by atoms with van der Waals surface area (Å²) in [5.41, 5.74) is 2.02. The van der Waals surface area contributed by atoms with Gasteiger partial charge in [0.1, 0.15) is 0 Å². The van der Waals surface area contributed by atoms with E-state index in [0.29, 0.717) is 25.4 Å². The Labute approximate surface area is 159 Å². The number of nitrogens with zero attached hydrogens (tertiary/aromatic N) is 5. The number of aryl methyl sites for hydroxylation is 1. The van der Waals surface area contributed by atoms with Crippen LogP contribution < -0.4 is 0 Å². The predicted molar refractivity (Wildman–Crippen MR) is 103 cm³/mol. The third-order valence-electron chi connectivity index (χ3n) is 5.78. The van der Waals surface area contributed by atoms with E-state index in [1.54, 1.807) is 19.0 Å². The minimum atomic E-state index is 0.0473. The van der Waals surface area contributed by atoms with Gasteiger partial charge >= 0.3 is 6.03 Å². The number of aromatic nitrogens is 2. The van der Waals surface area contributed by atoms with Crippen LogP contribution in [0, 0.1) is 5.92 Å². The van der Waals surface area contributed by atoms with E-state index in [9.17, 15) is 9.59 Å². The lowest BCUT2D eigenvalue weighted by Gasteiger charge is -2.36. The summed E-state index contributed by atoms with van der Waals surface area (Å²) in [5.74, 6) is 0.562. The monoisotopic (exact) mass is 369 g/mol. The molecule has 3 saturated heterocycles. The highest BCUT2D eigenvalue weighted by molar-refractivity contribution is 5.78. The van der Waals surface area contributed by atoms with Crippen LogP contribution in [0.25, 0.3) is 11.0 Å². The smallest absolute Gasteiger partial charge is 0.319 e. The molecule has 2 atom stereocenters. The highest BCUT2D eigenvalue weighted by atomic mass is 16.2. The van der Waals surface area contributed by atoms with Gasteiger partial charge in [-0.2, -0.15) is 0 Å². The average molecular weight is 369 g/mol. The summed E-state index contributed by atoms with van der Waals surface area (Å²) in [6.45, 7) is 2.80. The number of hydrogen-bond acceptors (Lipinski definition) is 3. The molecular formula is C20H27N5O2. The largest absolute Gasteiger partial charge is 0.338 e. The number of amides is 3. The van der Waals surface area contributed by atoms with Crippen molar-refractivity contribution in [2.24, 2.45) is 5.92 Å². The van der Waals surface area contributed by atoms with Crippen molar-refractivity contribution in [3.8, 4) is 0 Å². The average Bonchev–Trinajstić information content (AvgIpc) is 2.85. The van der Waals surface area contributed by atoms with Crippen molar-refractivity contribution in [1.82, 2.24) is 24.3 Å². The molecule has 0 aliphatic carbocycles. The van der Waals surface area contributed by atoms with Crippen LogP contribution in [0.1, 0.15) is 19.3 Å². The molecule has 4 heterocycles. The lowest BCUT2D eigenvalue weighted by Crippen LogP contribution is -2.48. The number of imidazole rings is 1. The molecule has 3 aliphatic heterocycles. The molecule has 0 saturated carbocycles. The molecule has 2 aromatic rings. The first kappa shape index (κ1) is 17.8. The van der Waals surface area contributed by atoms with Gasteiger partial charge in [0, 0.05) is 52.7 Å². The van der Waals surface area contributed by atoms with E-state index in [-0.39, 0.29) is 18.0 Å². The first-order chi connectivity index (χ1) is 13.0. The van der Waals surface area contributed by atoms with E-state index in [2.05, 4.69) is 4.98 Å². The van der Waals surface area contributed by atoms with Gasteiger partial charge in [-0.3, -0.25) is 4.79 Å². The Bertz CT molecular complexity index is 846. The molecule has 0 radical (unpaired) electrons. The maximum atomic E-state index is 13.0. The molecule has 3 amide bonds. The number of hydrogen-bond donors (Lipinski definition) is 0. The Balaban J connectivity index is 1.42. The molecular weight excluding hydrogens is 342 g/mol. The molecule has 3 aliphatic rings. The van der Waals surface area contributed by atoms with Crippen molar-refractivity contribution in [3.63, 3.8) is 0 Å². The van der Waals surface area contributed by atoms with Gasteiger partial charge in [-0.05, 0) is 30.9 Å². The van der Waals surface area contributed by atoms with Crippen LogP contribution in [0.3, 0.4) is 0 Å². The van der Waals surface area contributed by atoms with Gasteiger partial charge < -0.3 is 19.3 Å². The number of urea groups is 1. The van der Waals surface area contributed by atoms with E-state index in [1.807, 2.05) is 45.0 Å². The van der Waals surface area contributed by atoms with Crippen molar-refractivity contribution >= 4 is 23.0 Å². The zero-order valence-corrected chi connectivity index (χ0v) is 16.0. The third kappa shape index (κ3) is 3.50. The summed E-state index contributed by atoms with van der Waals surface area (Å²) in [6, 6.07) is 8.17. The van der Waals surface area contributed by atoms with Crippen LogP contribution in [-0.4, -0.2) is 76.0 Å². The molecule has 144 valence electrons. The Morgan fingerprint density at radius 1 is 1.15 bits per heavy atom. The van der Waals surface area contributed by atoms with Crippen molar-refractivity contribution in [2.45, 2.75) is 31.8 Å². The fourth-order valence-electron chi connectivity index (χ4n) is 4.37. The van der Waals surface area contributed by atoms with Gasteiger partial charge in [0.05, 0.1) is 17.4 Å². The standard InChI is InChI=1S/C20H27N5O2/c1-22(2)20(27)24-11-15-7-8-16(13-24)25(12-15)19(26)9-10-23-14-21-17-5-3-4-6-18(17)23/h3-6,14-16H,7-13H2,1-2H3/t15-,16+/m1/s1. The van der Waals surface area contributed by atoms with Crippen LogP contribution in [0.5, 0.6) is 0 Å². The topological polar surface area (TPSA) is 61.7 Å². The molecule has 2 bridgehead atoms. The summed E-state index contributed by atoms with van der Waals surface area (Å²) in [6.07, 6.45) is 4.36. The van der Waals surface area contributed by atoms with E-state index in [1.165, 1.54) is 0 Å². The zero-order chi connectivity index (χ0) is 19.0. The maximum absolute atomic E-state index is 13.0. The van der Waals surface area contributed by atoms with Crippen molar-refractivity contribution in [2.75, 3.05) is 33.7 Å². The van der Waals surface area contributed by atoms with E-state index in [0.717, 1.165) is 37.0 Å². The van der Waals surface area contributed by atoms with E-state index < -0.39 is 0 Å². The summed E-state index contributed by atoms with van der Waals surface area (Å²) in [4.78, 5) is 35.3. The normalized spacial score (nSPS) is 22.1. The number of carbonyl (C=O) groups excluding carboxylic acids is 2. The van der Waals surface area contributed by atoms with Crippen molar-refractivity contribution in [3.05, 3.63) is 30.6 Å². The molecule has 7 nitrogen and oxygen atoms in total. The molecule has 0 unspecified atom stereocenters. The van der Waals surface area contributed by atoms with Gasteiger partial charge in [-0.25, -0.2) is 9.78 Å². The van der Waals surface area contributed by atoms with Crippen LogP contribution in [-0.2, 0) is 11.3 Å². The van der Waals surface area contributed by atoms with Gasteiger partial charge in [-0.15, -0.1) is 0 Å². The summed E-state index contributed by atoms with van der Waals surface area (Å²) in [5, 5.41) is 0. The van der Waals surface area contributed by atoms with Gasteiger partial charge in [0.15, 0.2) is 0 Å². The first-order valence-electron chi connectivity index (χ1n) is 9.68. The SMILES string of the molecule is CN(C)C(=O)N1C[C@H]2CC[C@@H](C1)N(C(=O)CCn1cnc3ccccc31)C2. The molecule has 0 spiro atoms. The number of rotatable bonds is 3. The van der Waals surface area contributed by atoms with E-state index >= 15 is 0 Å². The third-order valence-corrected chi connectivity index (χ3v) is 5.78. The molecule has 3 fully saturated rings. The molecule has 0 N–H and O–H groups in total. The highest BCUT2D eigenvalue weighted by Gasteiger charge is 2.38. The first-order valence-corrected chi connectivity index (χ1v) is 9.68. The molecule has 1 aromatic heterocycles. The number of carbonyl (C=O) groups is 2. The highest BCUT2D eigenvalue weighted by Crippen LogP contribution is 2.29. The Morgan fingerprint density at radius 2 is 1.96 bits per heavy atom. The number of para-hydroxylation sites is 2. The minimum absolute atomic E-state index is 0.0473. The molecule has 5 rings (SSSR count). The number of benzene rings is 1. The van der Waals surface area contributed by atoms with Crippen LogP contribution in [0.4, 0.5) is 4.79 Å². The van der Waals surface area contributed by atoms with Crippen LogP contribution in [0.2, 0.25) is 0 Å². The predicted octanol–water partition coefficient (Wildman–Crippen LogP) is 2.03. The van der Waals surface area contributed by atoms with Crippen molar-refractivity contribution < 1.29 is 9.59 Å². The maximum Gasteiger partial charge on any atom is 0.319 e. The molecule has 7 heteroatoms. The summed E-state index contributed by atoms with van der Waals surface area (Å²) >= 11 is 0.